The number of rotatable bonds is 4. The van der Waals surface area contributed by atoms with Crippen LogP contribution < -0.4 is 5.01 Å². The Labute approximate surface area is 176 Å². The highest BCUT2D eigenvalue weighted by Crippen LogP contribution is 2.37. The summed E-state index contributed by atoms with van der Waals surface area (Å²) in [6, 6.07) is 22.7. The number of benzene rings is 3. The molecule has 0 spiro atoms. The molecule has 0 aliphatic rings. The van der Waals surface area contributed by atoms with Gasteiger partial charge in [0.05, 0.1) is 26.6 Å². The van der Waals surface area contributed by atoms with E-state index in [1.807, 2.05) is 47.6 Å². The van der Waals surface area contributed by atoms with Gasteiger partial charge in [0.1, 0.15) is 0 Å². The molecule has 0 unspecified atom stereocenters. The van der Waals surface area contributed by atoms with Crippen molar-refractivity contribution in [3.63, 3.8) is 0 Å². The third-order valence-electron chi connectivity index (χ3n) is 4.67. The van der Waals surface area contributed by atoms with E-state index in [0.29, 0.717) is 0 Å². The van der Waals surface area contributed by atoms with E-state index in [9.17, 15) is 0 Å². The zero-order valence-electron chi connectivity index (χ0n) is 16.0. The number of anilines is 2. The number of hydrogen-bond acceptors (Lipinski definition) is 6. The normalized spacial score (nSPS) is 11.7. The van der Waals surface area contributed by atoms with Crippen molar-refractivity contribution in [1.29, 1.82) is 0 Å². The first-order chi connectivity index (χ1) is 14.2. The molecule has 0 saturated heterocycles. The van der Waals surface area contributed by atoms with Crippen molar-refractivity contribution in [3.05, 3.63) is 83.4 Å². The Bertz CT molecular complexity index is 1210. The highest BCUT2D eigenvalue weighted by Gasteiger charge is 2.18. The summed E-state index contributed by atoms with van der Waals surface area (Å²) in [6.45, 7) is 4.19. The van der Waals surface area contributed by atoms with E-state index < -0.39 is 0 Å². The summed E-state index contributed by atoms with van der Waals surface area (Å²) in [5, 5.41) is 8.31. The second-order valence-corrected chi connectivity index (χ2v) is 8.86. The first kappa shape index (κ1) is 18.0. The molecule has 0 bridgehead atoms. The summed E-state index contributed by atoms with van der Waals surface area (Å²) >= 11 is 3.24. The maximum absolute atomic E-state index is 4.83. The van der Waals surface area contributed by atoms with Gasteiger partial charge in [-0.05, 0) is 49.2 Å². The Morgan fingerprint density at radius 2 is 1.38 bits per heavy atom. The lowest BCUT2D eigenvalue weighted by molar-refractivity contribution is 1.06. The van der Waals surface area contributed by atoms with Gasteiger partial charge in [-0.15, -0.1) is 0 Å². The topological polar surface area (TPSA) is 41.4 Å². The largest absolute Gasteiger partial charge is 0.218 e. The van der Waals surface area contributed by atoms with Gasteiger partial charge in [-0.25, -0.2) is 9.97 Å². The summed E-state index contributed by atoms with van der Waals surface area (Å²) in [5.41, 5.74) is 5.44. The summed E-state index contributed by atoms with van der Waals surface area (Å²) in [6.07, 6.45) is 1.90. The Balaban J connectivity index is 1.63. The average molecular weight is 415 g/mol. The van der Waals surface area contributed by atoms with Crippen LogP contribution in [-0.4, -0.2) is 16.2 Å². The van der Waals surface area contributed by atoms with Gasteiger partial charge >= 0.3 is 0 Å². The lowest BCUT2D eigenvalue weighted by Crippen LogP contribution is -2.09. The Kier molecular flexibility index (Phi) is 4.58. The van der Waals surface area contributed by atoms with E-state index in [-0.39, 0.29) is 0 Å². The van der Waals surface area contributed by atoms with Crippen LogP contribution in [0.4, 0.5) is 10.3 Å². The van der Waals surface area contributed by atoms with E-state index in [1.54, 1.807) is 22.7 Å². The molecule has 0 fully saturated rings. The Morgan fingerprint density at radius 3 is 1.97 bits per heavy atom. The molecule has 0 atom stereocenters. The summed E-state index contributed by atoms with van der Waals surface area (Å²) < 4.78 is 2.27. The molecule has 142 valence electrons. The van der Waals surface area contributed by atoms with Crippen molar-refractivity contribution in [1.82, 2.24) is 9.97 Å². The second kappa shape index (κ2) is 7.39. The van der Waals surface area contributed by atoms with Gasteiger partial charge in [0.2, 0.25) is 10.3 Å². The van der Waals surface area contributed by atoms with Gasteiger partial charge < -0.3 is 0 Å². The third kappa shape index (κ3) is 3.52. The quantitative estimate of drug-likeness (QED) is 0.243. The van der Waals surface area contributed by atoms with E-state index in [1.165, 1.54) is 11.1 Å². The minimum absolute atomic E-state index is 0.812. The molecular formula is C23H18N4S2. The number of para-hydroxylation sites is 2. The minimum Gasteiger partial charge on any atom is -0.218 e. The molecule has 0 aliphatic carbocycles. The molecule has 2 aromatic heterocycles. The van der Waals surface area contributed by atoms with Crippen LogP contribution in [0, 0.1) is 13.8 Å². The Morgan fingerprint density at radius 1 is 0.793 bits per heavy atom. The van der Waals surface area contributed by atoms with E-state index in [4.69, 9.17) is 15.1 Å². The van der Waals surface area contributed by atoms with Gasteiger partial charge in [-0.3, -0.25) is 0 Å². The first-order valence-electron chi connectivity index (χ1n) is 9.30. The molecule has 0 N–H and O–H groups in total. The molecule has 5 rings (SSSR count). The molecular weight excluding hydrogens is 396 g/mol. The van der Waals surface area contributed by atoms with Gasteiger partial charge in [-0.1, -0.05) is 70.7 Å². The highest BCUT2D eigenvalue weighted by molar-refractivity contribution is 7.24. The number of aromatic nitrogens is 2. The van der Waals surface area contributed by atoms with Crippen LogP contribution in [0.15, 0.2) is 71.8 Å². The van der Waals surface area contributed by atoms with Crippen LogP contribution >= 0.6 is 22.7 Å². The fourth-order valence-corrected chi connectivity index (χ4v) is 5.01. The average Bonchev–Trinajstić information content (AvgIpc) is 3.34. The number of hydrazone groups is 1. The van der Waals surface area contributed by atoms with Crippen molar-refractivity contribution in [2.75, 3.05) is 5.01 Å². The number of aryl methyl sites for hydroxylation is 2. The van der Waals surface area contributed by atoms with Crippen molar-refractivity contribution < 1.29 is 0 Å². The molecule has 0 amide bonds. The van der Waals surface area contributed by atoms with Crippen LogP contribution in [0.3, 0.4) is 0 Å². The van der Waals surface area contributed by atoms with Gasteiger partial charge in [0.15, 0.2) is 0 Å². The van der Waals surface area contributed by atoms with Crippen LogP contribution in [0.5, 0.6) is 0 Å². The highest BCUT2D eigenvalue weighted by atomic mass is 32.1. The van der Waals surface area contributed by atoms with E-state index in [2.05, 4.69) is 44.2 Å². The zero-order valence-corrected chi connectivity index (χ0v) is 17.7. The molecule has 2 heterocycles. The lowest BCUT2D eigenvalue weighted by Gasteiger charge is -2.12. The van der Waals surface area contributed by atoms with Crippen molar-refractivity contribution in [2.45, 2.75) is 13.8 Å². The maximum atomic E-state index is 4.83. The predicted octanol–water partition coefficient (Wildman–Crippen LogP) is 6.70. The molecule has 0 radical (unpaired) electrons. The van der Waals surface area contributed by atoms with Crippen LogP contribution in [-0.2, 0) is 0 Å². The van der Waals surface area contributed by atoms with E-state index >= 15 is 0 Å². The number of thiazole rings is 2. The van der Waals surface area contributed by atoms with Crippen molar-refractivity contribution in [3.8, 4) is 0 Å². The fraction of sp³-hybridized carbons (Fsp3) is 0.0870. The minimum atomic E-state index is 0.812. The molecule has 0 aliphatic heterocycles. The van der Waals surface area contributed by atoms with Crippen LogP contribution in [0.2, 0.25) is 0 Å². The predicted molar refractivity (Wildman–Crippen MR) is 125 cm³/mol. The number of fused-ring (bicyclic) bond motifs is 2. The van der Waals surface area contributed by atoms with Gasteiger partial charge in [-0.2, -0.15) is 10.1 Å². The maximum Gasteiger partial charge on any atom is 0.214 e. The molecule has 3 aromatic carbocycles. The van der Waals surface area contributed by atoms with Crippen LogP contribution in [0.25, 0.3) is 20.4 Å². The summed E-state index contributed by atoms with van der Waals surface area (Å²) in [4.78, 5) is 9.62. The van der Waals surface area contributed by atoms with Gasteiger partial charge in [0, 0.05) is 0 Å². The van der Waals surface area contributed by atoms with Crippen molar-refractivity contribution in [2.24, 2.45) is 5.10 Å². The summed E-state index contributed by atoms with van der Waals surface area (Å²) in [7, 11) is 0. The lowest BCUT2D eigenvalue weighted by atomic mass is 10.1. The number of nitrogens with zero attached hydrogens (tertiary/aromatic N) is 4. The van der Waals surface area contributed by atoms with Crippen LogP contribution in [0.1, 0.15) is 16.7 Å². The molecule has 5 aromatic rings. The zero-order chi connectivity index (χ0) is 19.8. The first-order valence-corrected chi connectivity index (χ1v) is 10.9. The third-order valence-corrected chi connectivity index (χ3v) is 6.70. The smallest absolute Gasteiger partial charge is 0.214 e. The number of hydrogen-bond donors (Lipinski definition) is 0. The Hall–Kier alpha value is -3.09. The molecule has 0 saturated carbocycles. The molecule has 4 nitrogen and oxygen atoms in total. The second-order valence-electron chi connectivity index (χ2n) is 6.84. The summed E-state index contributed by atoms with van der Waals surface area (Å²) in [5.74, 6) is 0. The SMILES string of the molecule is Cc1ccc(C)c(/C=N/N(c2nc3ccccc3s2)c2nc3ccccc3s2)c1. The molecule has 29 heavy (non-hydrogen) atoms. The van der Waals surface area contributed by atoms with E-state index in [0.717, 1.165) is 36.3 Å². The molecule has 6 heteroatoms. The van der Waals surface area contributed by atoms with Gasteiger partial charge in [0.25, 0.3) is 0 Å². The fourth-order valence-electron chi connectivity index (χ4n) is 3.10. The standard InChI is InChI=1S/C23H18N4S2/c1-15-11-12-16(2)17(13-15)14-24-27(22-25-18-7-3-5-9-20(18)28-22)23-26-19-8-4-6-10-21(19)29-23/h3-14H,1-2H3/b24-14+. The van der Waals surface area contributed by atoms with Crippen molar-refractivity contribution >= 4 is 59.6 Å². The monoisotopic (exact) mass is 414 g/mol.